The van der Waals surface area contributed by atoms with Gasteiger partial charge in [0, 0.05) is 15.2 Å². The minimum absolute atomic E-state index is 0.488. The van der Waals surface area contributed by atoms with E-state index in [0.717, 1.165) is 10.0 Å². The number of aliphatic hydroxyl groups is 1. The van der Waals surface area contributed by atoms with Crippen LogP contribution in [0.25, 0.3) is 0 Å². The minimum Gasteiger partial charge on any atom is -0.378 e. The third-order valence-corrected chi connectivity index (χ3v) is 3.66. The molecule has 2 aromatic rings. The van der Waals surface area contributed by atoms with Crippen LogP contribution in [0, 0.1) is 6.92 Å². The van der Waals surface area contributed by atoms with E-state index in [-0.39, 0.29) is 0 Å². The number of carbonyl (C=O) groups is 1. The molecule has 0 radical (unpaired) electrons. The van der Waals surface area contributed by atoms with Gasteiger partial charge in [-0.15, -0.1) is 0 Å². The average molecular weight is 355 g/mol. The highest BCUT2D eigenvalue weighted by Gasteiger charge is 2.18. The van der Waals surface area contributed by atoms with Gasteiger partial charge in [-0.05, 0) is 42.3 Å². The zero-order chi connectivity index (χ0) is 14.7. The third-order valence-electron chi connectivity index (χ3n) is 2.89. The Kier molecular flexibility index (Phi) is 4.81. The van der Waals surface area contributed by atoms with Gasteiger partial charge in [-0.1, -0.05) is 45.7 Å². The Labute approximate surface area is 130 Å². The van der Waals surface area contributed by atoms with E-state index in [1.54, 1.807) is 36.4 Å². The van der Waals surface area contributed by atoms with Crippen molar-refractivity contribution in [2.45, 2.75) is 13.0 Å². The van der Waals surface area contributed by atoms with Crippen LogP contribution in [-0.4, -0.2) is 11.0 Å². The number of benzene rings is 2. The minimum atomic E-state index is -1.22. The maximum Gasteiger partial charge on any atom is 0.257 e. The van der Waals surface area contributed by atoms with E-state index in [9.17, 15) is 9.90 Å². The molecule has 1 atom stereocenters. The number of amides is 1. The van der Waals surface area contributed by atoms with E-state index in [1.807, 2.05) is 13.0 Å². The normalized spacial score (nSPS) is 12.0. The van der Waals surface area contributed by atoms with Crippen molar-refractivity contribution in [3.05, 3.63) is 63.1 Å². The van der Waals surface area contributed by atoms with Crippen molar-refractivity contribution in [2.24, 2.45) is 0 Å². The van der Waals surface area contributed by atoms with Gasteiger partial charge in [-0.3, -0.25) is 4.79 Å². The van der Waals surface area contributed by atoms with E-state index in [1.165, 1.54) is 0 Å². The Morgan fingerprint density at radius 2 is 1.90 bits per heavy atom. The fourth-order valence-corrected chi connectivity index (χ4v) is 2.16. The van der Waals surface area contributed by atoms with Crippen LogP contribution in [-0.2, 0) is 4.79 Å². The lowest BCUT2D eigenvalue weighted by Gasteiger charge is -2.13. The Balaban J connectivity index is 2.15. The maximum absolute atomic E-state index is 12.0. The molecule has 2 N–H and O–H groups in total. The molecule has 20 heavy (non-hydrogen) atoms. The quantitative estimate of drug-likeness (QED) is 0.872. The SMILES string of the molecule is Cc1ccc(Cl)cc1NC(=O)C(O)c1ccc(Br)cc1. The highest BCUT2D eigenvalue weighted by Crippen LogP contribution is 2.23. The molecule has 0 saturated heterocycles. The van der Waals surface area contributed by atoms with Crippen LogP contribution >= 0.6 is 27.5 Å². The highest BCUT2D eigenvalue weighted by atomic mass is 79.9. The fourth-order valence-electron chi connectivity index (χ4n) is 1.73. The van der Waals surface area contributed by atoms with Crippen molar-refractivity contribution in [1.29, 1.82) is 0 Å². The molecule has 3 nitrogen and oxygen atoms in total. The fraction of sp³-hybridized carbons (Fsp3) is 0.133. The number of aliphatic hydroxyl groups excluding tert-OH is 1. The highest BCUT2D eigenvalue weighted by molar-refractivity contribution is 9.10. The maximum atomic E-state index is 12.0. The first-order valence-corrected chi connectivity index (χ1v) is 7.15. The molecule has 104 valence electrons. The van der Waals surface area contributed by atoms with Crippen LogP contribution in [0.5, 0.6) is 0 Å². The second-order valence-corrected chi connectivity index (χ2v) is 5.75. The van der Waals surface area contributed by atoms with E-state index >= 15 is 0 Å². The zero-order valence-electron chi connectivity index (χ0n) is 10.7. The molecule has 0 aliphatic rings. The number of rotatable bonds is 3. The van der Waals surface area contributed by atoms with Gasteiger partial charge in [-0.25, -0.2) is 0 Å². The van der Waals surface area contributed by atoms with Crippen LogP contribution in [0.2, 0.25) is 5.02 Å². The molecular formula is C15H13BrClNO2. The Bertz CT molecular complexity index is 628. The summed E-state index contributed by atoms with van der Waals surface area (Å²) in [5.74, 6) is -0.488. The van der Waals surface area contributed by atoms with Crippen molar-refractivity contribution in [3.8, 4) is 0 Å². The van der Waals surface area contributed by atoms with Crippen molar-refractivity contribution in [1.82, 2.24) is 0 Å². The number of hydrogen-bond acceptors (Lipinski definition) is 2. The smallest absolute Gasteiger partial charge is 0.257 e. The van der Waals surface area contributed by atoms with Crippen molar-refractivity contribution in [3.63, 3.8) is 0 Å². The van der Waals surface area contributed by atoms with Crippen LogP contribution in [0.15, 0.2) is 46.9 Å². The molecule has 0 aromatic heterocycles. The molecule has 1 unspecified atom stereocenters. The molecular weight excluding hydrogens is 342 g/mol. The van der Waals surface area contributed by atoms with E-state index in [0.29, 0.717) is 16.3 Å². The summed E-state index contributed by atoms with van der Waals surface area (Å²) in [5.41, 5.74) is 2.01. The predicted molar refractivity (Wildman–Crippen MR) is 83.9 cm³/mol. The van der Waals surface area contributed by atoms with Gasteiger partial charge in [0.15, 0.2) is 6.10 Å². The number of anilines is 1. The lowest BCUT2D eigenvalue weighted by molar-refractivity contribution is -0.124. The Morgan fingerprint density at radius 3 is 2.55 bits per heavy atom. The van der Waals surface area contributed by atoms with Crippen molar-refractivity contribution >= 4 is 39.1 Å². The van der Waals surface area contributed by atoms with Crippen LogP contribution in [0.3, 0.4) is 0 Å². The summed E-state index contributed by atoms with van der Waals surface area (Å²) < 4.78 is 0.888. The van der Waals surface area contributed by atoms with Gasteiger partial charge < -0.3 is 10.4 Å². The molecule has 2 rings (SSSR count). The van der Waals surface area contributed by atoms with E-state index in [4.69, 9.17) is 11.6 Å². The van der Waals surface area contributed by atoms with Gasteiger partial charge in [0.05, 0.1) is 0 Å². The number of halogens is 2. The summed E-state index contributed by atoms with van der Waals surface area (Å²) in [7, 11) is 0. The topological polar surface area (TPSA) is 49.3 Å². The van der Waals surface area contributed by atoms with Crippen molar-refractivity contribution < 1.29 is 9.90 Å². The van der Waals surface area contributed by atoms with Gasteiger partial charge >= 0.3 is 0 Å². The van der Waals surface area contributed by atoms with E-state index < -0.39 is 12.0 Å². The summed E-state index contributed by atoms with van der Waals surface area (Å²) in [5, 5.41) is 13.3. The van der Waals surface area contributed by atoms with Gasteiger partial charge in [-0.2, -0.15) is 0 Å². The standard InChI is InChI=1S/C15H13BrClNO2/c1-9-2-7-12(17)8-13(9)18-15(20)14(19)10-3-5-11(16)6-4-10/h2-8,14,19H,1H3,(H,18,20). The first-order chi connectivity index (χ1) is 9.47. The number of carbonyl (C=O) groups excluding carboxylic acids is 1. The second-order valence-electron chi connectivity index (χ2n) is 4.40. The molecule has 0 aliphatic heterocycles. The van der Waals surface area contributed by atoms with Crippen LogP contribution < -0.4 is 5.32 Å². The first kappa shape index (κ1) is 15.0. The van der Waals surface area contributed by atoms with Gasteiger partial charge in [0.1, 0.15) is 0 Å². The van der Waals surface area contributed by atoms with E-state index in [2.05, 4.69) is 21.2 Å². The molecule has 2 aromatic carbocycles. The molecule has 0 aliphatic carbocycles. The van der Waals surface area contributed by atoms with Crippen LogP contribution in [0.1, 0.15) is 17.2 Å². The molecule has 0 bridgehead atoms. The number of nitrogens with one attached hydrogen (secondary N) is 1. The monoisotopic (exact) mass is 353 g/mol. The lowest BCUT2D eigenvalue weighted by atomic mass is 10.1. The first-order valence-electron chi connectivity index (χ1n) is 5.98. The lowest BCUT2D eigenvalue weighted by Crippen LogP contribution is -2.21. The average Bonchev–Trinajstić information content (AvgIpc) is 2.43. The molecule has 5 heteroatoms. The molecule has 0 saturated carbocycles. The van der Waals surface area contributed by atoms with Crippen LogP contribution in [0.4, 0.5) is 5.69 Å². The number of aryl methyl sites for hydroxylation is 1. The molecule has 0 heterocycles. The largest absolute Gasteiger partial charge is 0.378 e. The number of hydrogen-bond donors (Lipinski definition) is 2. The summed E-state index contributed by atoms with van der Waals surface area (Å²) in [4.78, 5) is 12.0. The Hall–Kier alpha value is -1.36. The van der Waals surface area contributed by atoms with Gasteiger partial charge in [0.25, 0.3) is 5.91 Å². The molecule has 0 spiro atoms. The molecule has 0 fully saturated rings. The Morgan fingerprint density at radius 1 is 1.25 bits per heavy atom. The zero-order valence-corrected chi connectivity index (χ0v) is 13.1. The summed E-state index contributed by atoms with van der Waals surface area (Å²) in [6.07, 6.45) is -1.22. The molecule has 1 amide bonds. The summed E-state index contributed by atoms with van der Waals surface area (Å²) in [6.45, 7) is 1.86. The van der Waals surface area contributed by atoms with Crippen molar-refractivity contribution in [2.75, 3.05) is 5.32 Å². The summed E-state index contributed by atoms with van der Waals surface area (Å²) in [6, 6.07) is 12.1. The predicted octanol–water partition coefficient (Wildman–Crippen LogP) is 4.08. The van der Waals surface area contributed by atoms with Gasteiger partial charge in [0.2, 0.25) is 0 Å². The second kappa shape index (κ2) is 6.39. The third kappa shape index (κ3) is 3.60. The summed E-state index contributed by atoms with van der Waals surface area (Å²) >= 11 is 9.20.